The molecule has 4 aromatic rings. The number of nitrogens with zero attached hydrogens (tertiary/aromatic N) is 2. The van der Waals surface area contributed by atoms with Crippen LogP contribution in [-0.2, 0) is 62.4 Å². The molecule has 7 atom stereocenters. The Labute approximate surface area is 441 Å². The van der Waals surface area contributed by atoms with Gasteiger partial charge in [-0.2, -0.15) is 0 Å². The molecule has 15 N–H and O–H groups in total. The van der Waals surface area contributed by atoms with Gasteiger partial charge in [0.15, 0.2) is 5.96 Å². The number of para-hydroxylation sites is 1. The van der Waals surface area contributed by atoms with Crippen LogP contribution < -0.4 is 59.7 Å². The van der Waals surface area contributed by atoms with E-state index in [9.17, 15) is 43.2 Å². The summed E-state index contributed by atoms with van der Waals surface area (Å²) in [6.07, 6.45) is 6.38. The van der Waals surface area contributed by atoms with E-state index in [0.29, 0.717) is 42.4 Å². The molecule has 23 heteroatoms. The maximum absolute atomic E-state index is 14.8. The zero-order valence-corrected chi connectivity index (χ0v) is 43.0. The molecule has 1 saturated heterocycles. The Hall–Kier alpha value is -8.37. The minimum absolute atomic E-state index is 0.0454. The van der Waals surface area contributed by atoms with Gasteiger partial charge in [0.05, 0.1) is 0 Å². The molecule has 23 nitrogen and oxygen atoms in total. The van der Waals surface area contributed by atoms with Crippen LogP contribution >= 0.6 is 0 Å². The second-order valence-corrected chi connectivity index (χ2v) is 18.8. The smallest absolute Gasteiger partial charge is 0.243 e. The lowest BCUT2D eigenvalue weighted by molar-refractivity contribution is -0.136. The number of rotatable bonds is 17. The molecule has 3 heterocycles. The number of primary amides is 1. The first-order valence-corrected chi connectivity index (χ1v) is 25.7. The summed E-state index contributed by atoms with van der Waals surface area (Å²) in [7, 11) is 0. The number of H-pyrrole nitrogens is 1. The molecule has 1 fully saturated rings. The van der Waals surface area contributed by atoms with Crippen LogP contribution in [0.2, 0.25) is 0 Å². The number of nitrogens with one attached hydrogen (secondary N) is 9. The number of carbonyl (C=O) groups excluding carboxylic acids is 9. The van der Waals surface area contributed by atoms with Gasteiger partial charge in [0.25, 0.3) is 0 Å². The van der Waals surface area contributed by atoms with E-state index in [2.05, 4.69) is 57.5 Å². The number of carbonyl (C=O) groups is 9. The van der Waals surface area contributed by atoms with Crippen molar-refractivity contribution in [2.45, 2.75) is 140 Å². The number of aromatic nitrogens is 2. The van der Waals surface area contributed by atoms with Gasteiger partial charge in [-0.3, -0.25) is 53.1 Å². The summed E-state index contributed by atoms with van der Waals surface area (Å²) in [6.45, 7) is 3.38. The Morgan fingerprint density at radius 3 is 2.03 bits per heavy atom. The van der Waals surface area contributed by atoms with E-state index >= 15 is 0 Å². The Morgan fingerprint density at radius 1 is 0.724 bits per heavy atom. The van der Waals surface area contributed by atoms with Crippen molar-refractivity contribution in [3.05, 3.63) is 102 Å². The van der Waals surface area contributed by atoms with Crippen LogP contribution in [0, 0.1) is 0 Å². The number of pyridine rings is 1. The van der Waals surface area contributed by atoms with Crippen molar-refractivity contribution >= 4 is 70.0 Å². The Kier molecular flexibility index (Phi) is 23.2. The second kappa shape index (κ2) is 30.1. The first-order chi connectivity index (χ1) is 36.5. The molecule has 0 radical (unpaired) electrons. The van der Waals surface area contributed by atoms with E-state index < -0.39 is 95.5 Å². The van der Waals surface area contributed by atoms with Gasteiger partial charge in [0.2, 0.25) is 53.2 Å². The Bertz CT molecular complexity index is 2640. The number of amides is 9. The Balaban J connectivity index is 1.55. The summed E-state index contributed by atoms with van der Waals surface area (Å²) < 4.78 is 0. The van der Waals surface area contributed by atoms with Gasteiger partial charge in [-0.1, -0.05) is 74.4 Å². The molecule has 0 unspecified atom stereocenters. The van der Waals surface area contributed by atoms with Crippen LogP contribution in [-0.4, -0.2) is 124 Å². The van der Waals surface area contributed by atoms with E-state index in [4.69, 9.17) is 17.2 Å². The number of aromatic amines is 1. The third kappa shape index (κ3) is 19.2. The average molecular weight is 1050 g/mol. The van der Waals surface area contributed by atoms with Crippen LogP contribution in [0.25, 0.3) is 10.9 Å². The van der Waals surface area contributed by atoms with Crippen molar-refractivity contribution in [3.8, 4) is 0 Å². The number of aliphatic imine (C=N–C) groups is 1. The normalized spacial score (nSPS) is 21.2. The van der Waals surface area contributed by atoms with Crippen LogP contribution in [0.3, 0.4) is 0 Å². The SMILES string of the molecule is CCCC[C@H](NC(C)=O)C(=O)N[C@H]1CCC(=O)NCCCC[C@@H](C(N)=O)NC(=O)[C@H](Cc2c[nH]c3ccccc23)NC(=O)[C@H](CCCN=C(N)N)NC(=O)[C@@H](Cc2ccccc2)NC(=O)[C@H](Cc2cccnc2)NC1=O. The first-order valence-electron chi connectivity index (χ1n) is 25.7. The lowest BCUT2D eigenvalue weighted by atomic mass is 10.0. The number of fused-ring (bicyclic) bond motifs is 1. The van der Waals surface area contributed by atoms with Crippen molar-refractivity contribution in [2.75, 3.05) is 13.1 Å². The van der Waals surface area contributed by atoms with Gasteiger partial charge in [-0.05, 0) is 73.8 Å². The molecule has 0 saturated carbocycles. The van der Waals surface area contributed by atoms with Crippen molar-refractivity contribution in [1.29, 1.82) is 0 Å². The molecule has 0 aliphatic carbocycles. The number of guanidine groups is 1. The third-order valence-electron chi connectivity index (χ3n) is 12.8. The molecular weight excluding hydrogens is 977 g/mol. The van der Waals surface area contributed by atoms with Crippen molar-refractivity contribution in [1.82, 2.24) is 52.5 Å². The Morgan fingerprint density at radius 2 is 1.36 bits per heavy atom. The molecule has 0 spiro atoms. The van der Waals surface area contributed by atoms with Gasteiger partial charge in [0, 0.05) is 75.2 Å². The van der Waals surface area contributed by atoms with Crippen LogP contribution in [0.4, 0.5) is 0 Å². The van der Waals surface area contributed by atoms with Crippen LogP contribution in [0.5, 0.6) is 0 Å². The van der Waals surface area contributed by atoms with Gasteiger partial charge >= 0.3 is 0 Å². The van der Waals surface area contributed by atoms with E-state index in [1.54, 1.807) is 48.7 Å². The molecule has 2 aromatic heterocycles. The summed E-state index contributed by atoms with van der Waals surface area (Å²) in [5, 5.41) is 22.7. The number of nitrogens with two attached hydrogens (primary N) is 3. The van der Waals surface area contributed by atoms with Crippen molar-refractivity contribution in [2.24, 2.45) is 22.2 Å². The fourth-order valence-corrected chi connectivity index (χ4v) is 8.70. The molecular formula is C53H72N14O9. The van der Waals surface area contributed by atoms with Gasteiger partial charge < -0.3 is 64.7 Å². The summed E-state index contributed by atoms with van der Waals surface area (Å²) in [4.78, 5) is 136. The van der Waals surface area contributed by atoms with Crippen molar-refractivity contribution < 1.29 is 43.2 Å². The van der Waals surface area contributed by atoms with E-state index in [1.165, 1.54) is 19.3 Å². The molecule has 5 rings (SSSR count). The lowest BCUT2D eigenvalue weighted by Crippen LogP contribution is -2.61. The quantitative estimate of drug-likeness (QED) is 0.0372. The zero-order valence-electron chi connectivity index (χ0n) is 43.0. The summed E-state index contributed by atoms with van der Waals surface area (Å²) in [5.74, 6) is -6.63. The second-order valence-electron chi connectivity index (χ2n) is 18.8. The van der Waals surface area contributed by atoms with E-state index in [-0.39, 0.29) is 76.8 Å². The third-order valence-corrected chi connectivity index (χ3v) is 12.8. The molecule has 1 aliphatic heterocycles. The largest absolute Gasteiger partial charge is 0.370 e. The fraction of sp³-hybridized carbons (Fsp3) is 0.453. The summed E-state index contributed by atoms with van der Waals surface area (Å²) in [5.41, 5.74) is 19.6. The minimum Gasteiger partial charge on any atom is -0.370 e. The number of hydrogen-bond acceptors (Lipinski definition) is 11. The van der Waals surface area contributed by atoms with Gasteiger partial charge in [0.1, 0.15) is 42.3 Å². The highest BCUT2D eigenvalue weighted by Crippen LogP contribution is 2.20. The van der Waals surface area contributed by atoms with Crippen molar-refractivity contribution in [3.63, 3.8) is 0 Å². The van der Waals surface area contributed by atoms with E-state index in [1.807, 2.05) is 31.2 Å². The topological polar surface area (TPSA) is 369 Å². The molecule has 408 valence electrons. The highest BCUT2D eigenvalue weighted by Gasteiger charge is 2.35. The molecule has 76 heavy (non-hydrogen) atoms. The summed E-state index contributed by atoms with van der Waals surface area (Å²) in [6, 6.07) is 10.4. The predicted octanol–water partition coefficient (Wildman–Crippen LogP) is -0.186. The number of hydrogen-bond donors (Lipinski definition) is 12. The molecule has 0 bridgehead atoms. The molecule has 9 amide bonds. The number of benzene rings is 2. The highest BCUT2D eigenvalue weighted by molar-refractivity contribution is 5.98. The summed E-state index contributed by atoms with van der Waals surface area (Å²) >= 11 is 0. The maximum Gasteiger partial charge on any atom is 0.243 e. The van der Waals surface area contributed by atoms with Gasteiger partial charge in [-0.15, -0.1) is 0 Å². The van der Waals surface area contributed by atoms with E-state index in [0.717, 1.165) is 10.9 Å². The fourth-order valence-electron chi connectivity index (χ4n) is 8.70. The van der Waals surface area contributed by atoms with Crippen LogP contribution in [0.1, 0.15) is 94.7 Å². The highest BCUT2D eigenvalue weighted by atomic mass is 16.2. The molecule has 2 aromatic carbocycles. The maximum atomic E-state index is 14.8. The standard InChI is InChI=1S/C53H72N14O9/c1-3-4-18-39(61-32(2)68)47(71)64-41-22-23-45(69)58-25-11-10-20-38(46(54)70)62-52(76)44(29-35-31-60-37-19-9-8-17-36(35)37)67-48(72)40(21-13-26-59-53(55)56)63-50(74)42(27-33-14-6-5-7-15-33)66-51(75)43(65-49(41)73)28-34-16-12-24-57-30-34/h5-9,12,14-17,19,24,30-31,38-44,60H,3-4,10-11,13,18,20-23,25-29H2,1-2H3,(H2,54,70)(H,58,69)(H,61,68)(H,62,76)(H,63,74)(H,64,71)(H,65,73)(H,66,75)(H,67,72)(H4,55,56,59)/t38-,39-,40-,41-,42+,43-,44-/m0/s1. The van der Waals surface area contributed by atoms with Crippen LogP contribution in [0.15, 0.2) is 90.3 Å². The first kappa shape index (κ1) is 58.5. The van der Waals surface area contributed by atoms with Gasteiger partial charge in [-0.25, -0.2) is 0 Å². The lowest BCUT2D eigenvalue weighted by Gasteiger charge is -2.28. The average Bonchev–Trinajstić information content (AvgIpc) is 3.80. The predicted molar refractivity (Wildman–Crippen MR) is 284 cm³/mol. The zero-order chi connectivity index (χ0) is 55.0. The number of unbranched alkanes of at least 4 members (excludes halogenated alkanes) is 1. The molecule has 1 aliphatic rings. The minimum atomic E-state index is -1.40. The monoisotopic (exact) mass is 1050 g/mol.